The average molecular weight is 368 g/mol. The monoisotopic (exact) mass is 368 g/mol. The Kier molecular flexibility index (Phi) is 4.75. The Morgan fingerprint density at radius 1 is 1.15 bits per heavy atom. The highest BCUT2D eigenvalue weighted by Gasteiger charge is 2.25. The van der Waals surface area contributed by atoms with Gasteiger partial charge in [-0.1, -0.05) is 12.1 Å². The van der Waals surface area contributed by atoms with Gasteiger partial charge in [-0.2, -0.15) is 0 Å². The molecule has 1 aliphatic heterocycles. The van der Waals surface area contributed by atoms with Crippen molar-refractivity contribution in [1.29, 1.82) is 0 Å². The van der Waals surface area contributed by atoms with Crippen LogP contribution in [0.1, 0.15) is 11.7 Å². The minimum absolute atomic E-state index is 0.208. The second-order valence-corrected chi connectivity index (χ2v) is 6.09. The molecule has 1 fully saturated rings. The Balaban J connectivity index is 1.39. The number of ether oxygens (including phenoxy) is 1. The largest absolute Gasteiger partial charge is 0.370 e. The first-order chi connectivity index (χ1) is 13.2. The van der Waals surface area contributed by atoms with Crippen molar-refractivity contribution >= 4 is 11.7 Å². The average Bonchev–Trinajstić information content (AvgIpc) is 3.24. The number of benzene rings is 2. The lowest BCUT2D eigenvalue weighted by Crippen LogP contribution is -2.44. The maximum Gasteiger partial charge on any atom is 0.322 e. The molecular weight excluding hydrogens is 351 g/mol. The third-order valence-electron chi connectivity index (χ3n) is 4.33. The zero-order chi connectivity index (χ0) is 18.6. The van der Waals surface area contributed by atoms with Gasteiger partial charge in [-0.05, 0) is 52.4 Å². The molecule has 0 radical (unpaired) electrons. The van der Waals surface area contributed by atoms with Gasteiger partial charge in [0.15, 0.2) is 0 Å². The number of carbonyl (C=O) groups is 1. The first-order valence-corrected chi connectivity index (χ1v) is 8.45. The van der Waals surface area contributed by atoms with Gasteiger partial charge in [0.25, 0.3) is 0 Å². The van der Waals surface area contributed by atoms with Gasteiger partial charge in [-0.3, -0.25) is 0 Å². The number of hydrogen-bond donors (Lipinski definition) is 1. The first kappa shape index (κ1) is 17.1. The number of hydrogen-bond acceptors (Lipinski definition) is 5. The summed E-state index contributed by atoms with van der Waals surface area (Å²) in [4.78, 5) is 14.3. The number of amides is 2. The lowest BCUT2D eigenvalue weighted by atomic mass is 10.1. The van der Waals surface area contributed by atoms with Crippen molar-refractivity contribution in [2.24, 2.45) is 0 Å². The van der Waals surface area contributed by atoms with Crippen molar-refractivity contribution in [3.05, 3.63) is 66.2 Å². The van der Waals surface area contributed by atoms with Crippen molar-refractivity contribution in [2.75, 3.05) is 25.0 Å². The molecule has 0 bridgehead atoms. The minimum atomic E-state index is -0.297. The van der Waals surface area contributed by atoms with E-state index < -0.39 is 0 Å². The normalized spacial score (nSPS) is 16.9. The molecule has 1 N–H and O–H groups in total. The summed E-state index contributed by atoms with van der Waals surface area (Å²) in [5.74, 6) is -0.297. The zero-order valence-electron chi connectivity index (χ0n) is 14.3. The van der Waals surface area contributed by atoms with E-state index in [1.165, 1.54) is 23.1 Å². The molecule has 27 heavy (non-hydrogen) atoms. The fourth-order valence-corrected chi connectivity index (χ4v) is 2.89. The highest BCUT2D eigenvalue weighted by Crippen LogP contribution is 2.23. The fourth-order valence-electron chi connectivity index (χ4n) is 2.89. The third-order valence-corrected chi connectivity index (χ3v) is 4.33. The van der Waals surface area contributed by atoms with Gasteiger partial charge in [-0.15, -0.1) is 5.10 Å². The highest BCUT2D eigenvalue weighted by molar-refractivity contribution is 5.89. The summed E-state index contributed by atoms with van der Waals surface area (Å²) in [6.45, 7) is 1.32. The van der Waals surface area contributed by atoms with E-state index in [2.05, 4.69) is 20.8 Å². The fraction of sp³-hybridized carbons (Fsp3) is 0.222. The Morgan fingerprint density at radius 2 is 1.93 bits per heavy atom. The van der Waals surface area contributed by atoms with Gasteiger partial charge < -0.3 is 15.0 Å². The Labute approximate surface area is 154 Å². The number of anilines is 1. The van der Waals surface area contributed by atoms with E-state index in [0.717, 1.165) is 11.3 Å². The lowest BCUT2D eigenvalue weighted by Gasteiger charge is -2.33. The maximum absolute atomic E-state index is 13.1. The number of rotatable bonds is 3. The van der Waals surface area contributed by atoms with Gasteiger partial charge >= 0.3 is 6.03 Å². The molecule has 1 aromatic heterocycles. The minimum Gasteiger partial charge on any atom is -0.370 e. The topological polar surface area (TPSA) is 85.2 Å². The van der Waals surface area contributed by atoms with Gasteiger partial charge in [0, 0.05) is 12.2 Å². The van der Waals surface area contributed by atoms with E-state index in [-0.39, 0.29) is 18.0 Å². The molecule has 1 aliphatic rings. The summed E-state index contributed by atoms with van der Waals surface area (Å²) < 4.78 is 20.3. The van der Waals surface area contributed by atoms with Crippen LogP contribution >= 0.6 is 0 Å². The van der Waals surface area contributed by atoms with Gasteiger partial charge in [0.2, 0.25) is 0 Å². The van der Waals surface area contributed by atoms with E-state index >= 15 is 0 Å². The summed E-state index contributed by atoms with van der Waals surface area (Å²) in [6, 6.07) is 13.1. The van der Waals surface area contributed by atoms with Crippen LogP contribution in [0, 0.1) is 5.82 Å². The van der Waals surface area contributed by atoms with Crippen LogP contribution < -0.4 is 5.32 Å². The van der Waals surface area contributed by atoms with Crippen molar-refractivity contribution in [1.82, 2.24) is 25.1 Å². The summed E-state index contributed by atoms with van der Waals surface area (Å²) in [5.41, 5.74) is 2.31. The van der Waals surface area contributed by atoms with Crippen molar-refractivity contribution in [2.45, 2.75) is 6.10 Å². The van der Waals surface area contributed by atoms with E-state index in [1.54, 1.807) is 29.2 Å². The number of aromatic nitrogens is 4. The Bertz CT molecular complexity index is 899. The molecule has 1 saturated heterocycles. The molecule has 2 aromatic carbocycles. The van der Waals surface area contributed by atoms with E-state index in [0.29, 0.717) is 25.4 Å². The summed E-state index contributed by atoms with van der Waals surface area (Å²) in [7, 11) is 0. The van der Waals surface area contributed by atoms with Crippen LogP contribution in [0.4, 0.5) is 14.9 Å². The SMILES string of the molecule is O=C(Nc1ccc(-n2cnnn2)cc1)N1CCOC(c2ccc(F)cc2)C1. The Morgan fingerprint density at radius 3 is 2.63 bits per heavy atom. The molecule has 1 unspecified atom stereocenters. The van der Waals surface area contributed by atoms with Gasteiger partial charge in [0.05, 0.1) is 18.8 Å². The predicted molar refractivity (Wildman–Crippen MR) is 94.8 cm³/mol. The number of morpholine rings is 1. The van der Waals surface area contributed by atoms with Crippen LogP contribution in [-0.4, -0.2) is 50.8 Å². The van der Waals surface area contributed by atoms with Crippen LogP contribution in [0.3, 0.4) is 0 Å². The number of tetrazole rings is 1. The van der Waals surface area contributed by atoms with E-state index in [4.69, 9.17) is 4.74 Å². The second kappa shape index (κ2) is 7.50. The predicted octanol–water partition coefficient (Wildman–Crippen LogP) is 2.41. The van der Waals surface area contributed by atoms with E-state index in [9.17, 15) is 9.18 Å². The molecule has 8 nitrogen and oxygen atoms in total. The molecule has 0 saturated carbocycles. The molecule has 9 heteroatoms. The summed E-state index contributed by atoms with van der Waals surface area (Å²) in [5, 5.41) is 13.9. The number of nitrogens with zero attached hydrogens (tertiary/aromatic N) is 5. The molecule has 138 valence electrons. The van der Waals surface area contributed by atoms with Crippen molar-refractivity contribution in [3.63, 3.8) is 0 Å². The number of urea groups is 1. The molecule has 3 aromatic rings. The second-order valence-electron chi connectivity index (χ2n) is 6.09. The highest BCUT2D eigenvalue weighted by atomic mass is 19.1. The van der Waals surface area contributed by atoms with Crippen LogP contribution in [0.2, 0.25) is 0 Å². The van der Waals surface area contributed by atoms with Crippen LogP contribution in [0.25, 0.3) is 5.69 Å². The molecule has 0 spiro atoms. The number of halogens is 1. The summed E-state index contributed by atoms with van der Waals surface area (Å²) in [6.07, 6.45) is 1.23. The first-order valence-electron chi connectivity index (χ1n) is 8.45. The molecule has 1 atom stereocenters. The van der Waals surface area contributed by atoms with Crippen LogP contribution in [0.15, 0.2) is 54.9 Å². The zero-order valence-corrected chi connectivity index (χ0v) is 14.3. The van der Waals surface area contributed by atoms with Gasteiger partial charge in [-0.25, -0.2) is 13.9 Å². The number of carbonyl (C=O) groups excluding carboxylic acids is 1. The Hall–Kier alpha value is -3.33. The molecule has 4 rings (SSSR count). The smallest absolute Gasteiger partial charge is 0.322 e. The van der Waals surface area contributed by atoms with Crippen molar-refractivity contribution in [3.8, 4) is 5.69 Å². The van der Waals surface area contributed by atoms with Crippen molar-refractivity contribution < 1.29 is 13.9 Å². The number of nitrogens with one attached hydrogen (secondary N) is 1. The third kappa shape index (κ3) is 3.93. The van der Waals surface area contributed by atoms with Gasteiger partial charge in [0.1, 0.15) is 18.2 Å². The summed E-state index contributed by atoms with van der Waals surface area (Å²) >= 11 is 0. The molecule has 2 heterocycles. The van der Waals surface area contributed by atoms with E-state index in [1.807, 2.05) is 12.1 Å². The lowest BCUT2D eigenvalue weighted by molar-refractivity contribution is -0.0135. The standard InChI is InChI=1S/C18H17FN6O2/c19-14-3-1-13(2-4-14)17-11-24(9-10-27-17)18(26)21-15-5-7-16(8-6-15)25-12-20-22-23-25/h1-8,12,17H,9-11H2,(H,21,26). The molecular formula is C18H17FN6O2. The molecule has 0 aliphatic carbocycles. The van der Waals surface area contributed by atoms with Crippen LogP contribution in [-0.2, 0) is 4.74 Å². The van der Waals surface area contributed by atoms with Crippen LogP contribution in [0.5, 0.6) is 0 Å². The molecule has 2 amide bonds. The quantitative estimate of drug-likeness (QED) is 0.767. The maximum atomic E-state index is 13.1.